The Hall–Kier alpha value is -1.69. The molecule has 1 N–H and O–H groups in total. The van der Waals surface area contributed by atoms with Crippen LogP contribution in [0.2, 0.25) is 5.02 Å². The number of likely N-dealkylation sites (N-methyl/N-ethyl adjacent to an activating group) is 1. The van der Waals surface area contributed by atoms with Crippen LogP contribution in [0.4, 0.5) is 5.69 Å². The summed E-state index contributed by atoms with van der Waals surface area (Å²) >= 11 is 6.50. The Morgan fingerprint density at radius 3 is 2.71 bits per heavy atom. The monoisotopic (exact) mass is 345 g/mol. The Morgan fingerprint density at radius 1 is 1.21 bits per heavy atom. The highest BCUT2D eigenvalue weighted by atomic mass is 35.5. The number of nitrogens with one attached hydrogen (secondary N) is 1. The molecule has 0 saturated carbocycles. The molecule has 1 atom stereocenters. The predicted molar refractivity (Wildman–Crippen MR) is 98.4 cm³/mol. The minimum Gasteiger partial charge on any atom is -0.369 e. The number of nitrogens with zero attached hydrogens (tertiary/aromatic N) is 4. The van der Waals surface area contributed by atoms with Gasteiger partial charge in [0.2, 0.25) is 0 Å². The van der Waals surface area contributed by atoms with E-state index >= 15 is 0 Å². The topological polar surface area (TPSA) is 44.3 Å². The zero-order chi connectivity index (χ0) is 16.9. The van der Waals surface area contributed by atoms with Crippen molar-refractivity contribution in [3.05, 3.63) is 53.1 Å². The van der Waals surface area contributed by atoms with E-state index in [0.717, 1.165) is 42.5 Å². The summed E-state index contributed by atoms with van der Waals surface area (Å²) in [5, 5.41) is 4.33. The van der Waals surface area contributed by atoms with Gasteiger partial charge in [0.25, 0.3) is 0 Å². The van der Waals surface area contributed by atoms with E-state index in [1.54, 1.807) is 18.6 Å². The first kappa shape index (κ1) is 17.1. The largest absolute Gasteiger partial charge is 0.369 e. The van der Waals surface area contributed by atoms with E-state index < -0.39 is 0 Å². The van der Waals surface area contributed by atoms with Crippen LogP contribution < -0.4 is 10.2 Å². The summed E-state index contributed by atoms with van der Waals surface area (Å²) in [6, 6.07) is 6.29. The molecule has 6 heteroatoms. The second kappa shape index (κ2) is 7.92. The predicted octanol–water partition coefficient (Wildman–Crippen LogP) is 2.73. The fourth-order valence-corrected chi connectivity index (χ4v) is 3.20. The first-order valence-electron chi connectivity index (χ1n) is 8.35. The minimum absolute atomic E-state index is 0.121. The molecule has 1 saturated heterocycles. The molecule has 3 rings (SSSR count). The number of halogens is 1. The molecular weight excluding hydrogens is 322 g/mol. The molecule has 0 spiro atoms. The molecular formula is C18H24ClN5. The van der Waals surface area contributed by atoms with E-state index in [9.17, 15) is 0 Å². The van der Waals surface area contributed by atoms with Crippen LogP contribution in [0.5, 0.6) is 0 Å². The van der Waals surface area contributed by atoms with Crippen LogP contribution in [0, 0.1) is 0 Å². The first-order valence-corrected chi connectivity index (χ1v) is 8.73. The maximum absolute atomic E-state index is 6.50. The number of rotatable bonds is 5. The normalized spacial score (nSPS) is 17.0. The second-order valence-electron chi connectivity index (χ2n) is 6.26. The lowest BCUT2D eigenvalue weighted by atomic mass is 10.1. The molecule has 2 aromatic rings. The number of hydrogen-bond donors (Lipinski definition) is 1. The van der Waals surface area contributed by atoms with Crippen LogP contribution in [0.25, 0.3) is 0 Å². The van der Waals surface area contributed by atoms with Gasteiger partial charge < -0.3 is 15.1 Å². The highest BCUT2D eigenvalue weighted by molar-refractivity contribution is 6.31. The van der Waals surface area contributed by atoms with Gasteiger partial charge in [0.05, 0.1) is 5.69 Å². The van der Waals surface area contributed by atoms with Gasteiger partial charge in [-0.25, -0.2) is 0 Å². The van der Waals surface area contributed by atoms with Crippen molar-refractivity contribution in [3.63, 3.8) is 0 Å². The molecule has 1 aromatic carbocycles. The Bertz CT molecular complexity index is 656. The Kier molecular flexibility index (Phi) is 5.66. The summed E-state index contributed by atoms with van der Waals surface area (Å²) in [5.41, 5.74) is 3.32. The molecule has 1 aliphatic rings. The van der Waals surface area contributed by atoms with Crippen LogP contribution in [0.15, 0.2) is 36.8 Å². The smallest absolute Gasteiger partial charge is 0.0753 e. The number of benzene rings is 1. The van der Waals surface area contributed by atoms with Gasteiger partial charge in [-0.1, -0.05) is 17.7 Å². The minimum atomic E-state index is 0.121. The summed E-state index contributed by atoms with van der Waals surface area (Å²) in [7, 11) is 2.17. The Morgan fingerprint density at radius 2 is 2.00 bits per heavy atom. The molecule has 0 aliphatic carbocycles. The summed E-state index contributed by atoms with van der Waals surface area (Å²) in [6.45, 7) is 7.02. The van der Waals surface area contributed by atoms with E-state index in [4.69, 9.17) is 11.6 Å². The van der Waals surface area contributed by atoms with Crippen molar-refractivity contribution in [3.8, 4) is 0 Å². The van der Waals surface area contributed by atoms with Crippen LogP contribution in [-0.2, 0) is 6.54 Å². The summed E-state index contributed by atoms with van der Waals surface area (Å²) in [6.07, 6.45) is 5.21. The lowest BCUT2D eigenvalue weighted by molar-refractivity contribution is 0.312. The van der Waals surface area contributed by atoms with Gasteiger partial charge in [0, 0.05) is 73.6 Å². The van der Waals surface area contributed by atoms with Crippen molar-refractivity contribution >= 4 is 17.3 Å². The molecule has 1 aliphatic heterocycles. The van der Waals surface area contributed by atoms with Gasteiger partial charge in [-0.2, -0.15) is 0 Å². The molecule has 0 bridgehead atoms. The fraction of sp³-hybridized carbons (Fsp3) is 0.444. The second-order valence-corrected chi connectivity index (χ2v) is 6.67. The molecule has 1 aromatic heterocycles. The maximum atomic E-state index is 6.50. The van der Waals surface area contributed by atoms with Crippen molar-refractivity contribution in [2.45, 2.75) is 19.5 Å². The zero-order valence-corrected chi connectivity index (χ0v) is 15.0. The van der Waals surface area contributed by atoms with Crippen molar-refractivity contribution in [2.75, 3.05) is 38.1 Å². The van der Waals surface area contributed by atoms with E-state index in [1.165, 1.54) is 5.69 Å². The number of piperazine rings is 1. The zero-order valence-electron chi connectivity index (χ0n) is 14.2. The number of anilines is 1. The SMILES string of the molecule is CC(NCc1c(Cl)cccc1N1CCN(C)CC1)c1cnccn1. The third kappa shape index (κ3) is 4.04. The molecule has 1 unspecified atom stereocenters. The third-order valence-electron chi connectivity index (χ3n) is 4.55. The third-order valence-corrected chi connectivity index (χ3v) is 4.90. The fourth-order valence-electron chi connectivity index (χ4n) is 2.96. The van der Waals surface area contributed by atoms with Gasteiger partial charge in [0.15, 0.2) is 0 Å². The number of hydrogen-bond acceptors (Lipinski definition) is 5. The van der Waals surface area contributed by atoms with Gasteiger partial charge >= 0.3 is 0 Å². The van der Waals surface area contributed by atoms with Gasteiger partial charge in [-0.05, 0) is 26.1 Å². The van der Waals surface area contributed by atoms with Gasteiger partial charge in [-0.3, -0.25) is 9.97 Å². The van der Waals surface area contributed by atoms with Gasteiger partial charge in [-0.15, -0.1) is 0 Å². The Labute approximate surface area is 148 Å². The maximum Gasteiger partial charge on any atom is 0.0753 e. The average molecular weight is 346 g/mol. The summed E-state index contributed by atoms with van der Waals surface area (Å²) in [4.78, 5) is 13.3. The van der Waals surface area contributed by atoms with Crippen LogP contribution in [0.1, 0.15) is 24.2 Å². The van der Waals surface area contributed by atoms with Gasteiger partial charge in [0.1, 0.15) is 0 Å². The highest BCUT2D eigenvalue weighted by Crippen LogP contribution is 2.29. The van der Waals surface area contributed by atoms with E-state index in [1.807, 2.05) is 12.1 Å². The first-order chi connectivity index (χ1) is 11.6. The molecule has 0 amide bonds. The van der Waals surface area contributed by atoms with Crippen LogP contribution in [-0.4, -0.2) is 48.1 Å². The van der Waals surface area contributed by atoms with Crippen molar-refractivity contribution in [1.82, 2.24) is 20.2 Å². The van der Waals surface area contributed by atoms with Crippen LogP contribution >= 0.6 is 11.6 Å². The quantitative estimate of drug-likeness (QED) is 0.902. The average Bonchev–Trinajstić information content (AvgIpc) is 2.62. The van der Waals surface area contributed by atoms with Crippen molar-refractivity contribution < 1.29 is 0 Å². The van der Waals surface area contributed by atoms with E-state index in [2.05, 4.69) is 45.1 Å². The summed E-state index contributed by atoms with van der Waals surface area (Å²) < 4.78 is 0. The summed E-state index contributed by atoms with van der Waals surface area (Å²) in [5.74, 6) is 0. The number of aromatic nitrogens is 2. The molecule has 2 heterocycles. The molecule has 128 valence electrons. The Balaban J connectivity index is 1.73. The lowest BCUT2D eigenvalue weighted by Crippen LogP contribution is -2.45. The van der Waals surface area contributed by atoms with E-state index in [-0.39, 0.29) is 6.04 Å². The highest BCUT2D eigenvalue weighted by Gasteiger charge is 2.19. The molecule has 1 fully saturated rings. The van der Waals surface area contributed by atoms with Crippen molar-refractivity contribution in [1.29, 1.82) is 0 Å². The van der Waals surface area contributed by atoms with E-state index in [0.29, 0.717) is 6.54 Å². The molecule has 24 heavy (non-hydrogen) atoms. The molecule has 5 nitrogen and oxygen atoms in total. The van der Waals surface area contributed by atoms with Crippen LogP contribution in [0.3, 0.4) is 0 Å². The standard InChI is InChI=1S/C18H24ClN5/c1-14(17-13-20-6-7-21-17)22-12-15-16(19)4-3-5-18(15)24-10-8-23(2)9-11-24/h3-7,13-14,22H,8-12H2,1-2H3. The lowest BCUT2D eigenvalue weighted by Gasteiger charge is -2.35. The molecule has 0 radical (unpaired) electrons. The van der Waals surface area contributed by atoms with Crippen molar-refractivity contribution in [2.24, 2.45) is 0 Å².